The van der Waals surface area contributed by atoms with Gasteiger partial charge < -0.3 is 4.90 Å². The van der Waals surface area contributed by atoms with E-state index < -0.39 is 0 Å². The lowest BCUT2D eigenvalue weighted by atomic mass is 10.0. The van der Waals surface area contributed by atoms with Crippen LogP contribution in [0, 0.1) is 11.8 Å². The van der Waals surface area contributed by atoms with Crippen LogP contribution in [-0.4, -0.2) is 23.4 Å². The van der Waals surface area contributed by atoms with E-state index in [-0.39, 0.29) is 12.2 Å². The molecule has 1 aliphatic heterocycles. The second-order valence-corrected chi connectivity index (χ2v) is 7.76. The third-order valence-electron chi connectivity index (χ3n) is 4.93. The highest BCUT2D eigenvalue weighted by atomic mass is 32.1. The average Bonchev–Trinajstić information content (AvgIpc) is 3.17. The molecule has 2 unspecified atom stereocenters. The smallest absolute Gasteiger partial charge is 0.241 e. The maximum Gasteiger partial charge on any atom is 0.241 e. The largest absolute Gasteiger partial charge is 0.321 e. The highest BCUT2D eigenvalue weighted by Crippen LogP contribution is 2.33. The number of thiophene rings is 1. The molecule has 4 heteroatoms. The van der Waals surface area contributed by atoms with Crippen molar-refractivity contribution >= 4 is 17.2 Å². The number of hydrogen-bond acceptors (Lipinski definition) is 3. The van der Waals surface area contributed by atoms with Crippen LogP contribution in [0.3, 0.4) is 0 Å². The molecule has 3 nitrogen and oxygen atoms in total. The summed E-state index contributed by atoms with van der Waals surface area (Å²) in [6.45, 7) is 5.16. The third-order valence-corrected chi connectivity index (χ3v) is 5.86. The Bertz CT molecular complexity index is 465. The Morgan fingerprint density at radius 3 is 2.76 bits per heavy atom. The molecule has 0 spiro atoms. The van der Waals surface area contributed by atoms with Gasteiger partial charge in [0.25, 0.3) is 0 Å². The Balaban J connectivity index is 1.71. The highest BCUT2D eigenvalue weighted by molar-refractivity contribution is 7.10. The van der Waals surface area contributed by atoms with Gasteiger partial charge in [-0.05, 0) is 29.7 Å². The van der Waals surface area contributed by atoms with Crippen LogP contribution in [0.5, 0.6) is 0 Å². The van der Waals surface area contributed by atoms with Crippen molar-refractivity contribution in [2.75, 3.05) is 6.54 Å². The molecular formula is C17H26N2OS. The minimum Gasteiger partial charge on any atom is -0.321 e. The van der Waals surface area contributed by atoms with Gasteiger partial charge in [-0.1, -0.05) is 45.6 Å². The van der Waals surface area contributed by atoms with Gasteiger partial charge in [0.05, 0.1) is 6.04 Å². The summed E-state index contributed by atoms with van der Waals surface area (Å²) < 4.78 is 0. The van der Waals surface area contributed by atoms with Crippen molar-refractivity contribution < 1.29 is 4.79 Å². The quantitative estimate of drug-likeness (QED) is 0.898. The van der Waals surface area contributed by atoms with Crippen molar-refractivity contribution in [3.05, 3.63) is 22.4 Å². The second kappa shape index (κ2) is 6.49. The monoisotopic (exact) mass is 306 g/mol. The summed E-state index contributed by atoms with van der Waals surface area (Å²) in [5.74, 6) is 1.47. The van der Waals surface area contributed by atoms with Crippen LogP contribution in [0.25, 0.3) is 0 Å². The zero-order valence-corrected chi connectivity index (χ0v) is 13.9. The van der Waals surface area contributed by atoms with Gasteiger partial charge in [0.1, 0.15) is 6.17 Å². The zero-order valence-electron chi connectivity index (χ0n) is 13.0. The van der Waals surface area contributed by atoms with Gasteiger partial charge in [0.15, 0.2) is 0 Å². The zero-order chi connectivity index (χ0) is 14.8. The Morgan fingerprint density at radius 1 is 1.38 bits per heavy atom. The molecule has 1 N–H and O–H groups in total. The van der Waals surface area contributed by atoms with E-state index in [9.17, 15) is 4.79 Å². The molecule has 1 aliphatic carbocycles. The van der Waals surface area contributed by atoms with E-state index in [2.05, 4.69) is 41.6 Å². The number of carbonyl (C=O) groups is 1. The molecule has 2 atom stereocenters. The lowest BCUT2D eigenvalue weighted by Gasteiger charge is -2.24. The Morgan fingerprint density at radius 2 is 2.14 bits per heavy atom. The normalized spacial score (nSPS) is 27.2. The maximum atomic E-state index is 12.7. The molecule has 1 aromatic rings. The first kappa shape index (κ1) is 15.0. The Kier molecular flexibility index (Phi) is 4.65. The predicted octanol–water partition coefficient (Wildman–Crippen LogP) is 3.78. The molecule has 21 heavy (non-hydrogen) atoms. The summed E-state index contributed by atoms with van der Waals surface area (Å²) in [5, 5.41) is 5.65. The fourth-order valence-electron chi connectivity index (χ4n) is 3.66. The van der Waals surface area contributed by atoms with E-state index in [0.29, 0.717) is 11.8 Å². The summed E-state index contributed by atoms with van der Waals surface area (Å²) in [4.78, 5) is 16.1. The summed E-state index contributed by atoms with van der Waals surface area (Å²) >= 11 is 1.74. The van der Waals surface area contributed by atoms with Crippen LogP contribution >= 0.6 is 11.3 Å². The van der Waals surface area contributed by atoms with Gasteiger partial charge in [0, 0.05) is 11.4 Å². The molecule has 0 bridgehead atoms. The van der Waals surface area contributed by atoms with Crippen molar-refractivity contribution in [1.29, 1.82) is 0 Å². The molecule has 1 saturated carbocycles. The van der Waals surface area contributed by atoms with Crippen LogP contribution in [0.1, 0.15) is 57.0 Å². The van der Waals surface area contributed by atoms with Gasteiger partial charge >= 0.3 is 0 Å². The van der Waals surface area contributed by atoms with Gasteiger partial charge in [0.2, 0.25) is 5.91 Å². The number of nitrogens with zero attached hydrogens (tertiary/aromatic N) is 1. The van der Waals surface area contributed by atoms with Crippen molar-refractivity contribution in [2.45, 2.75) is 58.2 Å². The average molecular weight is 306 g/mol. The summed E-state index contributed by atoms with van der Waals surface area (Å²) in [7, 11) is 0. The van der Waals surface area contributed by atoms with Gasteiger partial charge in [-0.25, -0.2) is 0 Å². The number of hydrogen-bond donors (Lipinski definition) is 1. The Labute approximate surface area is 131 Å². The summed E-state index contributed by atoms with van der Waals surface area (Å²) in [6, 6.07) is 4.19. The van der Waals surface area contributed by atoms with E-state index >= 15 is 0 Å². The van der Waals surface area contributed by atoms with Crippen molar-refractivity contribution in [1.82, 2.24) is 10.2 Å². The van der Waals surface area contributed by atoms with Crippen molar-refractivity contribution in [3.8, 4) is 0 Å². The maximum absolute atomic E-state index is 12.7. The Hall–Kier alpha value is -0.870. The molecular weight excluding hydrogens is 280 g/mol. The lowest BCUT2D eigenvalue weighted by molar-refractivity contribution is -0.131. The standard InChI is InChI=1S/C17H26N2OS/c1-12(2)15-17(20)19(10-9-13-6-3-4-7-13)16(18-15)14-8-5-11-21-14/h5,8,11-13,15-16,18H,3-4,6-7,9-10H2,1-2H3. The first-order valence-electron chi connectivity index (χ1n) is 8.26. The van der Waals surface area contributed by atoms with Crippen molar-refractivity contribution in [2.24, 2.45) is 11.8 Å². The van der Waals surface area contributed by atoms with Crippen molar-refractivity contribution in [3.63, 3.8) is 0 Å². The van der Waals surface area contributed by atoms with Crippen LogP contribution in [0.4, 0.5) is 0 Å². The fraction of sp³-hybridized carbons (Fsp3) is 0.706. The predicted molar refractivity (Wildman–Crippen MR) is 87.1 cm³/mol. The molecule has 2 heterocycles. The van der Waals surface area contributed by atoms with E-state index in [0.717, 1.165) is 12.5 Å². The molecule has 1 aromatic heterocycles. The summed E-state index contributed by atoms with van der Waals surface area (Å²) in [5.41, 5.74) is 0. The van der Waals surface area contributed by atoms with Crippen LogP contribution in [-0.2, 0) is 4.79 Å². The molecule has 1 saturated heterocycles. The number of nitrogens with one attached hydrogen (secondary N) is 1. The molecule has 0 radical (unpaired) electrons. The molecule has 2 fully saturated rings. The van der Waals surface area contributed by atoms with E-state index in [1.54, 1.807) is 11.3 Å². The van der Waals surface area contributed by atoms with Crippen LogP contribution in [0.2, 0.25) is 0 Å². The number of carbonyl (C=O) groups excluding carboxylic acids is 1. The molecule has 0 aromatic carbocycles. The molecule has 3 rings (SSSR count). The summed E-state index contributed by atoms with van der Waals surface area (Å²) in [6.07, 6.45) is 6.71. The lowest BCUT2D eigenvalue weighted by Crippen LogP contribution is -2.35. The number of amides is 1. The van der Waals surface area contributed by atoms with Crippen LogP contribution < -0.4 is 5.32 Å². The minimum absolute atomic E-state index is 0.0271. The molecule has 1 amide bonds. The fourth-order valence-corrected chi connectivity index (χ4v) is 4.45. The van der Waals surface area contributed by atoms with E-state index in [1.165, 1.54) is 37.0 Å². The number of rotatable bonds is 5. The molecule has 116 valence electrons. The van der Waals surface area contributed by atoms with E-state index in [4.69, 9.17) is 0 Å². The first-order chi connectivity index (χ1) is 10.2. The SMILES string of the molecule is CC(C)C1NC(c2cccs2)N(CCC2CCCC2)C1=O. The first-order valence-corrected chi connectivity index (χ1v) is 9.14. The van der Waals surface area contributed by atoms with Gasteiger partial charge in [-0.15, -0.1) is 11.3 Å². The van der Waals surface area contributed by atoms with Gasteiger partial charge in [-0.2, -0.15) is 0 Å². The van der Waals surface area contributed by atoms with Gasteiger partial charge in [-0.3, -0.25) is 10.1 Å². The topological polar surface area (TPSA) is 32.3 Å². The van der Waals surface area contributed by atoms with E-state index in [1.807, 2.05) is 0 Å². The third kappa shape index (κ3) is 3.16. The van der Waals surface area contributed by atoms with Crippen LogP contribution in [0.15, 0.2) is 17.5 Å². The highest BCUT2D eigenvalue weighted by Gasteiger charge is 2.41. The molecule has 2 aliphatic rings. The minimum atomic E-state index is -0.0271. The second-order valence-electron chi connectivity index (χ2n) is 6.78.